The Bertz CT molecular complexity index is 617. The minimum absolute atomic E-state index is 0.0359. The number of carbonyl (C=O) groups excluding carboxylic acids is 1. The lowest BCUT2D eigenvalue weighted by Gasteiger charge is -2.11. The Kier molecular flexibility index (Phi) is 4.59. The fraction of sp³-hybridized carbons (Fsp3) is 0.389. The summed E-state index contributed by atoms with van der Waals surface area (Å²) in [5.41, 5.74) is 7.02. The lowest BCUT2D eigenvalue weighted by atomic mass is 10.2. The molecular formula is C18H22N2O2. The molecule has 0 bridgehead atoms. The van der Waals surface area contributed by atoms with Gasteiger partial charge in [0.15, 0.2) is 0 Å². The van der Waals surface area contributed by atoms with Gasteiger partial charge in [-0.25, -0.2) is 0 Å². The molecule has 1 heterocycles. The quantitative estimate of drug-likeness (QED) is 0.826. The molecule has 0 radical (unpaired) electrons. The van der Waals surface area contributed by atoms with Gasteiger partial charge in [-0.15, -0.1) is 0 Å². The van der Waals surface area contributed by atoms with Crippen LogP contribution in [0.2, 0.25) is 0 Å². The molecule has 1 atom stereocenters. The molecule has 1 unspecified atom stereocenters. The molecule has 1 aromatic heterocycles. The normalized spacial score (nSPS) is 15.5. The van der Waals surface area contributed by atoms with Crippen LogP contribution < -0.4 is 11.1 Å². The van der Waals surface area contributed by atoms with Crippen LogP contribution in [0.5, 0.6) is 0 Å². The van der Waals surface area contributed by atoms with E-state index in [1.165, 1.54) is 12.8 Å². The van der Waals surface area contributed by atoms with Gasteiger partial charge in [0.2, 0.25) is 5.91 Å². The predicted molar refractivity (Wildman–Crippen MR) is 86.2 cm³/mol. The number of furan rings is 1. The number of hydrogen-bond donors (Lipinski definition) is 2. The van der Waals surface area contributed by atoms with E-state index < -0.39 is 0 Å². The van der Waals surface area contributed by atoms with E-state index in [2.05, 4.69) is 5.32 Å². The fourth-order valence-corrected chi connectivity index (χ4v) is 2.52. The van der Waals surface area contributed by atoms with Crippen LogP contribution in [0.4, 0.5) is 0 Å². The summed E-state index contributed by atoms with van der Waals surface area (Å²) < 4.78 is 5.79. The number of hydrogen-bond acceptors (Lipinski definition) is 3. The molecule has 1 aliphatic rings. The molecule has 1 fully saturated rings. The van der Waals surface area contributed by atoms with Crippen LogP contribution in [0.25, 0.3) is 11.3 Å². The first-order valence-electron chi connectivity index (χ1n) is 7.89. The van der Waals surface area contributed by atoms with Crippen molar-refractivity contribution in [3.63, 3.8) is 0 Å². The summed E-state index contributed by atoms with van der Waals surface area (Å²) in [6.07, 6.45) is 3.44. The topological polar surface area (TPSA) is 68.3 Å². The molecule has 4 heteroatoms. The first-order valence-corrected chi connectivity index (χ1v) is 7.89. The minimum atomic E-state index is 0.0359. The fourth-order valence-electron chi connectivity index (χ4n) is 2.52. The Hall–Kier alpha value is -2.07. The van der Waals surface area contributed by atoms with Gasteiger partial charge >= 0.3 is 0 Å². The van der Waals surface area contributed by atoms with Gasteiger partial charge in [-0.3, -0.25) is 4.79 Å². The Morgan fingerprint density at radius 1 is 1.23 bits per heavy atom. The number of aryl methyl sites for hydroxylation is 1. The molecule has 0 saturated heterocycles. The van der Waals surface area contributed by atoms with Crippen LogP contribution in [0, 0.1) is 5.92 Å². The van der Waals surface area contributed by atoms with Crippen LogP contribution in [-0.4, -0.2) is 18.5 Å². The Morgan fingerprint density at radius 3 is 2.73 bits per heavy atom. The molecule has 3 N–H and O–H groups in total. The SMILES string of the molecule is NC(CNC(=O)CCc1ccc(-c2ccccc2)o1)C1CC1. The molecule has 1 aliphatic carbocycles. The summed E-state index contributed by atoms with van der Waals surface area (Å²) in [5, 5.41) is 2.91. The summed E-state index contributed by atoms with van der Waals surface area (Å²) in [6, 6.07) is 13.9. The third-order valence-electron chi connectivity index (χ3n) is 4.08. The van der Waals surface area contributed by atoms with Gasteiger partial charge in [0.25, 0.3) is 0 Å². The zero-order chi connectivity index (χ0) is 15.4. The van der Waals surface area contributed by atoms with Crippen LogP contribution in [0.15, 0.2) is 46.9 Å². The van der Waals surface area contributed by atoms with Crippen LogP contribution >= 0.6 is 0 Å². The van der Waals surface area contributed by atoms with Crippen molar-refractivity contribution in [2.45, 2.75) is 31.7 Å². The Balaban J connectivity index is 1.45. The van der Waals surface area contributed by atoms with Gasteiger partial charge in [-0.05, 0) is 30.9 Å². The number of nitrogens with two attached hydrogens (primary N) is 1. The van der Waals surface area contributed by atoms with Crippen molar-refractivity contribution in [1.82, 2.24) is 5.32 Å². The number of benzene rings is 1. The molecule has 1 aromatic carbocycles. The van der Waals surface area contributed by atoms with Gasteiger partial charge in [0.05, 0.1) is 0 Å². The first kappa shape index (κ1) is 14.9. The van der Waals surface area contributed by atoms with Gasteiger partial charge in [0.1, 0.15) is 11.5 Å². The zero-order valence-electron chi connectivity index (χ0n) is 12.6. The summed E-state index contributed by atoms with van der Waals surface area (Å²) in [6.45, 7) is 0.580. The smallest absolute Gasteiger partial charge is 0.220 e. The molecule has 3 rings (SSSR count). The van der Waals surface area contributed by atoms with Gasteiger partial charge in [-0.1, -0.05) is 30.3 Å². The molecule has 22 heavy (non-hydrogen) atoms. The highest BCUT2D eigenvalue weighted by molar-refractivity contribution is 5.76. The van der Waals surface area contributed by atoms with E-state index >= 15 is 0 Å². The number of amides is 1. The molecule has 0 aliphatic heterocycles. The van der Waals surface area contributed by atoms with E-state index in [-0.39, 0.29) is 11.9 Å². The van der Waals surface area contributed by atoms with Crippen molar-refractivity contribution in [3.05, 3.63) is 48.2 Å². The lowest BCUT2D eigenvalue weighted by Crippen LogP contribution is -2.38. The number of rotatable bonds is 7. The monoisotopic (exact) mass is 298 g/mol. The summed E-state index contributed by atoms with van der Waals surface area (Å²) in [7, 11) is 0. The van der Waals surface area contributed by atoms with Crippen LogP contribution in [0.1, 0.15) is 25.0 Å². The summed E-state index contributed by atoms with van der Waals surface area (Å²) >= 11 is 0. The lowest BCUT2D eigenvalue weighted by molar-refractivity contribution is -0.121. The van der Waals surface area contributed by atoms with E-state index in [9.17, 15) is 4.79 Å². The maximum Gasteiger partial charge on any atom is 0.220 e. The summed E-state index contributed by atoms with van der Waals surface area (Å²) in [5.74, 6) is 2.32. The van der Waals surface area contributed by atoms with E-state index in [1.807, 2.05) is 42.5 Å². The maximum atomic E-state index is 11.8. The molecule has 0 spiro atoms. The molecule has 1 saturated carbocycles. The highest BCUT2D eigenvalue weighted by Gasteiger charge is 2.28. The van der Waals surface area contributed by atoms with E-state index in [1.54, 1.807) is 0 Å². The van der Waals surface area contributed by atoms with Crippen molar-refractivity contribution in [1.29, 1.82) is 0 Å². The standard InChI is InChI=1S/C18H22N2O2/c19-16(13-6-7-13)12-20-18(21)11-9-15-8-10-17(22-15)14-4-2-1-3-5-14/h1-5,8,10,13,16H,6-7,9,11-12,19H2,(H,20,21). The average molecular weight is 298 g/mol. The van der Waals surface area contributed by atoms with Crippen LogP contribution in [-0.2, 0) is 11.2 Å². The van der Waals surface area contributed by atoms with E-state index in [0.717, 1.165) is 17.1 Å². The maximum absolute atomic E-state index is 11.8. The highest BCUT2D eigenvalue weighted by atomic mass is 16.3. The van der Waals surface area contributed by atoms with Gasteiger partial charge in [0, 0.05) is 31.0 Å². The van der Waals surface area contributed by atoms with Crippen molar-refractivity contribution in [2.75, 3.05) is 6.54 Å². The van der Waals surface area contributed by atoms with Gasteiger partial charge < -0.3 is 15.5 Å². The zero-order valence-corrected chi connectivity index (χ0v) is 12.6. The number of nitrogens with one attached hydrogen (secondary N) is 1. The van der Waals surface area contributed by atoms with Crippen molar-refractivity contribution < 1.29 is 9.21 Å². The summed E-state index contributed by atoms with van der Waals surface area (Å²) in [4.78, 5) is 11.8. The second-order valence-corrected chi connectivity index (χ2v) is 5.94. The number of carbonyl (C=O) groups is 1. The highest BCUT2D eigenvalue weighted by Crippen LogP contribution is 2.31. The minimum Gasteiger partial charge on any atom is -0.461 e. The Labute approximate surface area is 130 Å². The molecule has 1 amide bonds. The first-order chi connectivity index (χ1) is 10.7. The van der Waals surface area contributed by atoms with Gasteiger partial charge in [-0.2, -0.15) is 0 Å². The van der Waals surface area contributed by atoms with E-state index in [0.29, 0.717) is 25.3 Å². The molecule has 116 valence electrons. The average Bonchev–Trinajstić information content (AvgIpc) is 3.30. The van der Waals surface area contributed by atoms with Crippen LogP contribution in [0.3, 0.4) is 0 Å². The second-order valence-electron chi connectivity index (χ2n) is 5.94. The second kappa shape index (κ2) is 6.79. The third-order valence-corrected chi connectivity index (χ3v) is 4.08. The third kappa shape index (κ3) is 3.98. The van der Waals surface area contributed by atoms with Crippen molar-refractivity contribution in [3.8, 4) is 11.3 Å². The predicted octanol–water partition coefficient (Wildman–Crippen LogP) is 2.73. The largest absolute Gasteiger partial charge is 0.461 e. The van der Waals surface area contributed by atoms with Crippen molar-refractivity contribution in [2.24, 2.45) is 11.7 Å². The molecule has 2 aromatic rings. The van der Waals surface area contributed by atoms with Crippen molar-refractivity contribution >= 4 is 5.91 Å². The Morgan fingerprint density at radius 2 is 2.00 bits per heavy atom. The molecular weight excluding hydrogens is 276 g/mol. The molecule has 4 nitrogen and oxygen atoms in total. The van der Waals surface area contributed by atoms with E-state index in [4.69, 9.17) is 10.2 Å².